The lowest BCUT2D eigenvalue weighted by molar-refractivity contribution is -0.123. The molecule has 0 spiro atoms. The molecule has 0 saturated heterocycles. The number of hydrogen-bond acceptors (Lipinski definition) is 4. The van der Waals surface area contributed by atoms with E-state index in [2.05, 4.69) is 22.8 Å². The number of nitrogens with one attached hydrogen (secondary N) is 2. The molecular weight excluding hydrogens is 444 g/mol. The van der Waals surface area contributed by atoms with Crippen LogP contribution in [0.2, 0.25) is 0 Å². The lowest BCUT2D eigenvalue weighted by Crippen LogP contribution is -2.46. The van der Waals surface area contributed by atoms with E-state index in [9.17, 15) is 14.4 Å². The van der Waals surface area contributed by atoms with Crippen molar-refractivity contribution in [3.05, 3.63) is 95.1 Å². The van der Waals surface area contributed by atoms with E-state index in [1.807, 2.05) is 43.3 Å². The van der Waals surface area contributed by atoms with Gasteiger partial charge in [-0.1, -0.05) is 74.0 Å². The Kier molecular flexibility index (Phi) is 7.45. The molecule has 0 saturated carbocycles. The molecule has 0 bridgehead atoms. The molecule has 1 aliphatic rings. The van der Waals surface area contributed by atoms with Gasteiger partial charge in [-0.05, 0) is 46.4 Å². The van der Waals surface area contributed by atoms with Crippen LogP contribution in [0, 0.1) is 0 Å². The molecule has 1 atom stereocenters. The summed E-state index contributed by atoms with van der Waals surface area (Å²) >= 11 is 0. The summed E-state index contributed by atoms with van der Waals surface area (Å²) < 4.78 is 5.58. The third-order valence-corrected chi connectivity index (χ3v) is 6.17. The summed E-state index contributed by atoms with van der Waals surface area (Å²) in [6.07, 6.45) is 0.495. The number of aromatic carboxylic acids is 1. The molecule has 0 aliphatic heterocycles. The Morgan fingerprint density at radius 1 is 0.943 bits per heavy atom. The van der Waals surface area contributed by atoms with Gasteiger partial charge in [-0.25, -0.2) is 9.59 Å². The Morgan fingerprint density at radius 2 is 1.60 bits per heavy atom. The first-order chi connectivity index (χ1) is 17.0. The zero-order valence-electron chi connectivity index (χ0n) is 19.5. The van der Waals surface area contributed by atoms with Crippen molar-refractivity contribution in [1.82, 2.24) is 10.6 Å². The van der Waals surface area contributed by atoms with Gasteiger partial charge in [-0.15, -0.1) is 0 Å². The summed E-state index contributed by atoms with van der Waals surface area (Å²) in [5.41, 5.74) is 5.34. The highest BCUT2D eigenvalue weighted by atomic mass is 16.5. The number of carboxylic acids is 1. The molecule has 180 valence electrons. The average molecular weight is 473 g/mol. The van der Waals surface area contributed by atoms with Crippen molar-refractivity contribution in [1.29, 1.82) is 0 Å². The van der Waals surface area contributed by atoms with Crippen LogP contribution in [0.3, 0.4) is 0 Å². The van der Waals surface area contributed by atoms with Crippen molar-refractivity contribution in [2.24, 2.45) is 0 Å². The molecule has 0 aromatic heterocycles. The third-order valence-electron chi connectivity index (χ3n) is 6.17. The molecule has 0 heterocycles. The fourth-order valence-corrected chi connectivity index (χ4v) is 4.47. The molecule has 1 aliphatic carbocycles. The van der Waals surface area contributed by atoms with Gasteiger partial charge in [0.15, 0.2) is 0 Å². The summed E-state index contributed by atoms with van der Waals surface area (Å²) in [5, 5.41) is 14.6. The molecule has 0 radical (unpaired) electrons. The fraction of sp³-hybridized carbons (Fsp3) is 0.250. The minimum absolute atomic E-state index is 0.0619. The van der Waals surface area contributed by atoms with E-state index in [1.165, 1.54) is 12.1 Å². The highest BCUT2D eigenvalue weighted by Gasteiger charge is 2.29. The number of carboxylic acid groups (broad SMARTS) is 1. The zero-order chi connectivity index (χ0) is 24.8. The Morgan fingerprint density at radius 3 is 2.23 bits per heavy atom. The molecule has 7 nitrogen and oxygen atoms in total. The summed E-state index contributed by atoms with van der Waals surface area (Å²) in [7, 11) is 0. The van der Waals surface area contributed by atoms with Crippen molar-refractivity contribution < 1.29 is 24.2 Å². The van der Waals surface area contributed by atoms with E-state index in [0.29, 0.717) is 18.4 Å². The second-order valence-corrected chi connectivity index (χ2v) is 8.53. The van der Waals surface area contributed by atoms with E-state index in [4.69, 9.17) is 9.84 Å². The van der Waals surface area contributed by atoms with Gasteiger partial charge >= 0.3 is 12.1 Å². The van der Waals surface area contributed by atoms with Gasteiger partial charge in [0.25, 0.3) is 0 Å². The maximum Gasteiger partial charge on any atom is 0.407 e. The number of carbonyl (C=O) groups excluding carboxylic acids is 2. The van der Waals surface area contributed by atoms with Gasteiger partial charge in [0.1, 0.15) is 12.6 Å². The number of rotatable bonds is 9. The van der Waals surface area contributed by atoms with Crippen LogP contribution in [0.4, 0.5) is 4.79 Å². The van der Waals surface area contributed by atoms with Crippen LogP contribution in [0.15, 0.2) is 72.8 Å². The zero-order valence-corrected chi connectivity index (χ0v) is 19.5. The molecule has 0 unspecified atom stereocenters. The standard InChI is InChI=1S/C28H28N2O5/c1-2-8-25(26(31)29-16-18-9-7-10-19(15-18)27(32)33)30-28(34)35-17-24-22-13-5-3-11-20(22)21-12-4-6-14-23(21)24/h3-7,9-15,24-25H,2,8,16-17H2,1H3,(H,29,31)(H,30,34)(H,32,33)/t25-/m0/s1. The summed E-state index contributed by atoms with van der Waals surface area (Å²) in [5.74, 6) is -1.44. The maximum absolute atomic E-state index is 12.8. The number of fused-ring (bicyclic) bond motifs is 3. The van der Waals surface area contributed by atoms with E-state index in [1.54, 1.807) is 12.1 Å². The minimum Gasteiger partial charge on any atom is -0.478 e. The number of benzene rings is 3. The van der Waals surface area contributed by atoms with E-state index in [-0.39, 0.29) is 30.5 Å². The Labute approximate surface area is 204 Å². The highest BCUT2D eigenvalue weighted by Crippen LogP contribution is 2.44. The maximum atomic E-state index is 12.8. The molecule has 7 heteroatoms. The van der Waals surface area contributed by atoms with E-state index in [0.717, 1.165) is 22.3 Å². The minimum atomic E-state index is -1.03. The highest BCUT2D eigenvalue weighted by molar-refractivity contribution is 5.88. The number of ether oxygens (including phenoxy) is 1. The fourth-order valence-electron chi connectivity index (χ4n) is 4.47. The Balaban J connectivity index is 1.36. The van der Waals surface area contributed by atoms with Crippen LogP contribution in [0.25, 0.3) is 11.1 Å². The molecule has 0 fully saturated rings. The molecule has 2 amide bonds. The number of alkyl carbamates (subject to hydrolysis) is 1. The van der Waals surface area contributed by atoms with Crippen molar-refractivity contribution >= 4 is 18.0 Å². The van der Waals surface area contributed by atoms with Gasteiger partial charge in [-0.3, -0.25) is 4.79 Å². The van der Waals surface area contributed by atoms with Crippen LogP contribution in [-0.4, -0.2) is 35.7 Å². The number of hydrogen-bond donors (Lipinski definition) is 3. The van der Waals surface area contributed by atoms with Gasteiger partial charge < -0.3 is 20.5 Å². The van der Waals surface area contributed by atoms with Crippen molar-refractivity contribution in [3.63, 3.8) is 0 Å². The van der Waals surface area contributed by atoms with Crippen LogP contribution in [0.1, 0.15) is 52.7 Å². The SMILES string of the molecule is CCC[C@H](NC(=O)OCC1c2ccccc2-c2ccccc21)C(=O)NCc1cccc(C(=O)O)c1. The van der Waals surface area contributed by atoms with Gasteiger partial charge in [0.05, 0.1) is 5.56 Å². The lowest BCUT2D eigenvalue weighted by atomic mass is 9.98. The Bertz CT molecular complexity index is 1190. The van der Waals surface area contributed by atoms with Gasteiger partial charge in [0, 0.05) is 12.5 Å². The topological polar surface area (TPSA) is 105 Å². The molecular formula is C28H28N2O5. The van der Waals surface area contributed by atoms with Crippen molar-refractivity contribution in [2.45, 2.75) is 38.3 Å². The predicted molar refractivity (Wildman–Crippen MR) is 132 cm³/mol. The second kappa shape index (κ2) is 10.9. The summed E-state index contributed by atoms with van der Waals surface area (Å²) in [6.45, 7) is 2.25. The van der Waals surface area contributed by atoms with Gasteiger partial charge in [0.2, 0.25) is 5.91 Å². The first kappa shape index (κ1) is 24.0. The van der Waals surface area contributed by atoms with Crippen molar-refractivity contribution in [2.75, 3.05) is 6.61 Å². The number of carbonyl (C=O) groups is 3. The monoisotopic (exact) mass is 472 g/mol. The first-order valence-corrected chi connectivity index (χ1v) is 11.7. The lowest BCUT2D eigenvalue weighted by Gasteiger charge is -2.19. The molecule has 4 rings (SSSR count). The largest absolute Gasteiger partial charge is 0.478 e. The molecule has 3 aromatic carbocycles. The smallest absolute Gasteiger partial charge is 0.407 e. The quantitative estimate of drug-likeness (QED) is 0.418. The normalized spacial score (nSPS) is 12.8. The van der Waals surface area contributed by atoms with Gasteiger partial charge in [-0.2, -0.15) is 0 Å². The average Bonchev–Trinajstić information content (AvgIpc) is 3.19. The van der Waals surface area contributed by atoms with Crippen molar-refractivity contribution in [3.8, 4) is 11.1 Å². The predicted octanol–water partition coefficient (Wildman–Crippen LogP) is 4.71. The summed E-state index contributed by atoms with van der Waals surface area (Å²) in [6, 6.07) is 21.8. The third kappa shape index (κ3) is 5.51. The second-order valence-electron chi connectivity index (χ2n) is 8.53. The Hall–Kier alpha value is -4.13. The molecule has 3 aromatic rings. The van der Waals surface area contributed by atoms with Crippen LogP contribution < -0.4 is 10.6 Å². The van der Waals surface area contributed by atoms with E-state index < -0.39 is 18.1 Å². The molecule has 35 heavy (non-hydrogen) atoms. The molecule has 3 N–H and O–H groups in total. The summed E-state index contributed by atoms with van der Waals surface area (Å²) in [4.78, 5) is 36.5. The van der Waals surface area contributed by atoms with E-state index >= 15 is 0 Å². The first-order valence-electron chi connectivity index (χ1n) is 11.7. The van der Waals surface area contributed by atoms with Crippen LogP contribution in [-0.2, 0) is 16.1 Å². The van der Waals surface area contributed by atoms with Crippen LogP contribution >= 0.6 is 0 Å². The number of amides is 2. The van der Waals surface area contributed by atoms with Crippen LogP contribution in [0.5, 0.6) is 0 Å².